The first-order chi connectivity index (χ1) is 5.52. The van der Waals surface area contributed by atoms with Crippen LogP contribution in [-0.2, 0) is 4.74 Å². The number of hydrogen-bond donors (Lipinski definition) is 1. The number of aliphatic hydroxyl groups is 1. The zero-order valence-electron chi connectivity index (χ0n) is 7.63. The van der Waals surface area contributed by atoms with Gasteiger partial charge in [0.2, 0.25) is 0 Å². The first-order valence-corrected chi connectivity index (χ1v) is 4.23. The molecule has 0 aromatic rings. The molecular weight excluding hydrogens is 154 g/mol. The van der Waals surface area contributed by atoms with Gasteiger partial charge in [0.25, 0.3) is 0 Å². The maximum Gasteiger partial charge on any atom is 0.0871 e. The van der Waals surface area contributed by atoms with Crippen molar-refractivity contribution < 1.29 is 9.84 Å². The lowest BCUT2D eigenvalue weighted by Gasteiger charge is -2.40. The van der Waals surface area contributed by atoms with Crippen molar-refractivity contribution in [2.45, 2.75) is 32.3 Å². The van der Waals surface area contributed by atoms with Gasteiger partial charge >= 0.3 is 0 Å². The normalized spacial score (nSPS) is 23.2. The van der Waals surface area contributed by atoms with Gasteiger partial charge in [-0.1, -0.05) is 0 Å². The molecule has 3 heteroatoms. The van der Waals surface area contributed by atoms with Gasteiger partial charge in [-0.05, 0) is 13.8 Å². The Morgan fingerprint density at radius 2 is 1.92 bits per heavy atom. The molecule has 1 heterocycles. The fourth-order valence-corrected chi connectivity index (χ4v) is 1.44. The van der Waals surface area contributed by atoms with Gasteiger partial charge in [-0.25, -0.2) is 0 Å². The van der Waals surface area contributed by atoms with Crippen LogP contribution in [0.15, 0.2) is 0 Å². The zero-order chi connectivity index (χ0) is 9.24. The molecule has 68 valence electrons. The Kier molecular flexibility index (Phi) is 2.41. The molecule has 0 bridgehead atoms. The van der Waals surface area contributed by atoms with E-state index in [0.717, 1.165) is 0 Å². The summed E-state index contributed by atoms with van der Waals surface area (Å²) in [7, 11) is 0. The van der Waals surface area contributed by atoms with Crippen LogP contribution in [0.2, 0.25) is 0 Å². The van der Waals surface area contributed by atoms with Crippen LogP contribution in [0.3, 0.4) is 0 Å². The fourth-order valence-electron chi connectivity index (χ4n) is 1.44. The molecule has 1 fully saturated rings. The number of ether oxygens (including phenoxy) is 1. The van der Waals surface area contributed by atoms with E-state index in [0.29, 0.717) is 26.1 Å². The third kappa shape index (κ3) is 1.45. The van der Waals surface area contributed by atoms with Crippen LogP contribution in [0.25, 0.3) is 0 Å². The van der Waals surface area contributed by atoms with Crippen molar-refractivity contribution >= 4 is 0 Å². The lowest BCUT2D eigenvalue weighted by Crippen LogP contribution is -2.48. The molecule has 0 unspecified atom stereocenters. The van der Waals surface area contributed by atoms with E-state index in [-0.39, 0.29) is 0 Å². The number of rotatable bonds is 1. The van der Waals surface area contributed by atoms with Gasteiger partial charge in [-0.3, -0.25) is 0 Å². The van der Waals surface area contributed by atoms with E-state index in [4.69, 9.17) is 10.00 Å². The molecule has 1 rings (SSSR count). The molecule has 1 aliphatic heterocycles. The van der Waals surface area contributed by atoms with Crippen LogP contribution in [0.4, 0.5) is 0 Å². The summed E-state index contributed by atoms with van der Waals surface area (Å²) in [5, 5.41) is 19.0. The van der Waals surface area contributed by atoms with Crippen molar-refractivity contribution in [2.24, 2.45) is 5.41 Å². The van der Waals surface area contributed by atoms with Crippen molar-refractivity contribution in [3.05, 3.63) is 0 Å². The average molecular weight is 169 g/mol. The predicted octanol–water partition coefficient (Wildman–Crippen LogP) is 1.08. The van der Waals surface area contributed by atoms with Crippen molar-refractivity contribution in [1.82, 2.24) is 0 Å². The zero-order valence-corrected chi connectivity index (χ0v) is 7.63. The molecule has 0 spiro atoms. The fraction of sp³-hybridized carbons (Fsp3) is 0.889. The van der Waals surface area contributed by atoms with Crippen LogP contribution >= 0.6 is 0 Å². The molecule has 12 heavy (non-hydrogen) atoms. The molecule has 0 amide bonds. The molecule has 0 aliphatic carbocycles. The predicted molar refractivity (Wildman–Crippen MR) is 44.4 cm³/mol. The van der Waals surface area contributed by atoms with Gasteiger partial charge in [0.05, 0.1) is 17.1 Å². The Hall–Kier alpha value is -0.590. The summed E-state index contributed by atoms with van der Waals surface area (Å²) in [6.07, 6.45) is 1.13. The van der Waals surface area contributed by atoms with Gasteiger partial charge in [0, 0.05) is 26.1 Å². The molecule has 1 N–H and O–H groups in total. The molecule has 1 saturated heterocycles. The molecule has 1 aliphatic rings. The highest BCUT2D eigenvalue weighted by molar-refractivity contribution is 5.07. The van der Waals surface area contributed by atoms with E-state index in [1.807, 2.05) is 0 Å². The lowest BCUT2D eigenvalue weighted by molar-refractivity contribution is -0.113. The largest absolute Gasteiger partial charge is 0.388 e. The number of hydrogen-bond acceptors (Lipinski definition) is 3. The summed E-state index contributed by atoms with van der Waals surface area (Å²) in [6.45, 7) is 4.67. The van der Waals surface area contributed by atoms with Crippen LogP contribution < -0.4 is 0 Å². The Morgan fingerprint density at radius 3 is 2.33 bits per heavy atom. The summed E-state index contributed by atoms with van der Waals surface area (Å²) >= 11 is 0. The molecule has 0 atom stereocenters. The van der Waals surface area contributed by atoms with Crippen LogP contribution in [-0.4, -0.2) is 23.9 Å². The molecule has 3 nitrogen and oxygen atoms in total. The van der Waals surface area contributed by atoms with Gasteiger partial charge in [0.15, 0.2) is 0 Å². The Bertz CT molecular complexity index is 199. The number of nitriles is 1. The molecular formula is C9H15NO2. The van der Waals surface area contributed by atoms with E-state index in [2.05, 4.69) is 6.07 Å². The maximum absolute atomic E-state index is 10.1. The number of nitrogens with zero attached hydrogens (tertiary/aromatic N) is 1. The van der Waals surface area contributed by atoms with E-state index < -0.39 is 11.0 Å². The van der Waals surface area contributed by atoms with Crippen molar-refractivity contribution in [2.75, 3.05) is 13.2 Å². The summed E-state index contributed by atoms with van der Waals surface area (Å²) < 4.78 is 5.14. The minimum atomic E-state index is -0.861. The van der Waals surface area contributed by atoms with Crippen LogP contribution in [0.5, 0.6) is 0 Å². The van der Waals surface area contributed by atoms with E-state index in [1.54, 1.807) is 13.8 Å². The molecule has 0 saturated carbocycles. The van der Waals surface area contributed by atoms with Gasteiger partial charge in [0.1, 0.15) is 0 Å². The maximum atomic E-state index is 10.1. The third-order valence-electron chi connectivity index (χ3n) is 2.76. The summed E-state index contributed by atoms with van der Waals surface area (Å²) in [5.41, 5.74) is -1.53. The first-order valence-electron chi connectivity index (χ1n) is 4.23. The smallest absolute Gasteiger partial charge is 0.0871 e. The standard InChI is InChI=1S/C9H15NO2/c1-8(2,7-10)9(11)3-5-12-6-4-9/h11H,3-6H2,1-2H3. The average Bonchev–Trinajstić information content (AvgIpc) is 2.06. The topological polar surface area (TPSA) is 53.2 Å². The molecule has 0 radical (unpaired) electrons. The van der Waals surface area contributed by atoms with Crippen molar-refractivity contribution in [1.29, 1.82) is 5.26 Å². The third-order valence-corrected chi connectivity index (χ3v) is 2.76. The van der Waals surface area contributed by atoms with E-state index >= 15 is 0 Å². The van der Waals surface area contributed by atoms with Gasteiger partial charge in [-0.2, -0.15) is 5.26 Å². The summed E-state index contributed by atoms with van der Waals surface area (Å²) in [5.74, 6) is 0. The second kappa shape index (κ2) is 3.04. The minimum absolute atomic E-state index is 0.557. The van der Waals surface area contributed by atoms with E-state index in [9.17, 15) is 5.11 Å². The van der Waals surface area contributed by atoms with Crippen molar-refractivity contribution in [3.8, 4) is 6.07 Å². The SMILES string of the molecule is CC(C)(C#N)C1(O)CCOCC1. The second-order valence-corrected chi connectivity index (χ2v) is 3.88. The van der Waals surface area contributed by atoms with Crippen LogP contribution in [0.1, 0.15) is 26.7 Å². The molecule has 0 aromatic heterocycles. The Balaban J connectivity index is 2.76. The Morgan fingerprint density at radius 1 is 1.42 bits per heavy atom. The summed E-state index contributed by atoms with van der Waals surface area (Å²) in [4.78, 5) is 0. The highest BCUT2D eigenvalue weighted by Crippen LogP contribution is 2.37. The molecule has 0 aromatic carbocycles. The van der Waals surface area contributed by atoms with Gasteiger partial charge < -0.3 is 9.84 Å². The van der Waals surface area contributed by atoms with Crippen molar-refractivity contribution in [3.63, 3.8) is 0 Å². The highest BCUT2D eigenvalue weighted by atomic mass is 16.5. The lowest BCUT2D eigenvalue weighted by atomic mass is 9.71. The highest BCUT2D eigenvalue weighted by Gasteiger charge is 2.44. The quantitative estimate of drug-likeness (QED) is 0.639. The summed E-state index contributed by atoms with van der Waals surface area (Å²) in [6, 6.07) is 2.15. The van der Waals surface area contributed by atoms with Gasteiger partial charge in [-0.15, -0.1) is 0 Å². The first kappa shape index (κ1) is 9.50. The van der Waals surface area contributed by atoms with Crippen LogP contribution in [0, 0.1) is 16.7 Å². The monoisotopic (exact) mass is 169 g/mol. The Labute approximate surface area is 73.0 Å². The second-order valence-electron chi connectivity index (χ2n) is 3.88. The van der Waals surface area contributed by atoms with E-state index in [1.165, 1.54) is 0 Å². The minimum Gasteiger partial charge on any atom is -0.388 e.